The summed E-state index contributed by atoms with van der Waals surface area (Å²) in [5.74, 6) is 0.209. The Bertz CT molecular complexity index is 474. The number of nitrogen functional groups attached to an aromatic ring is 1. The lowest BCUT2D eigenvalue weighted by atomic mass is 10.1. The Morgan fingerprint density at radius 1 is 1.57 bits per heavy atom. The number of nitrogens with two attached hydrogens (primary N) is 1. The second-order valence-electron chi connectivity index (χ2n) is 4.91. The molecule has 0 aliphatic carbocycles. The summed E-state index contributed by atoms with van der Waals surface area (Å²) < 4.78 is 10.3. The fourth-order valence-electron chi connectivity index (χ4n) is 2.22. The molecule has 2 rings (SSSR count). The van der Waals surface area contributed by atoms with Crippen molar-refractivity contribution >= 4 is 28.2 Å². The van der Waals surface area contributed by atoms with Gasteiger partial charge in [-0.3, -0.25) is 4.79 Å². The standard InChI is InChI=1S/C13H22N4O3S/c1-17(9-3-6-20-7-4-9)12(18)10-11(14)16-13(21-10)15-5-8-19-2/h9H,3-8,14H2,1-2H3,(H,15,16). The number of carbonyl (C=O) groups excluding carboxylic acids is 1. The van der Waals surface area contributed by atoms with Crippen LogP contribution < -0.4 is 11.1 Å². The quantitative estimate of drug-likeness (QED) is 0.763. The molecule has 0 saturated carbocycles. The molecule has 118 valence electrons. The molecule has 1 amide bonds. The van der Waals surface area contributed by atoms with Gasteiger partial charge in [0.15, 0.2) is 5.13 Å². The molecule has 3 N–H and O–H groups in total. The first-order valence-electron chi connectivity index (χ1n) is 6.97. The predicted octanol–water partition coefficient (Wildman–Crippen LogP) is 1.03. The van der Waals surface area contributed by atoms with Crippen LogP contribution in [0, 0.1) is 0 Å². The highest BCUT2D eigenvalue weighted by molar-refractivity contribution is 7.18. The molecule has 8 heteroatoms. The number of hydrogen-bond acceptors (Lipinski definition) is 7. The van der Waals surface area contributed by atoms with Gasteiger partial charge in [0.25, 0.3) is 5.91 Å². The average Bonchev–Trinajstić information content (AvgIpc) is 2.88. The average molecular weight is 314 g/mol. The minimum absolute atomic E-state index is 0.0725. The fraction of sp³-hybridized carbons (Fsp3) is 0.692. The maximum Gasteiger partial charge on any atom is 0.267 e. The van der Waals surface area contributed by atoms with Gasteiger partial charge in [-0.25, -0.2) is 4.98 Å². The van der Waals surface area contributed by atoms with Crippen molar-refractivity contribution in [2.24, 2.45) is 0 Å². The molecule has 1 aromatic rings. The summed E-state index contributed by atoms with van der Waals surface area (Å²) in [7, 11) is 3.45. The van der Waals surface area contributed by atoms with Crippen LogP contribution in [-0.2, 0) is 9.47 Å². The van der Waals surface area contributed by atoms with E-state index in [4.69, 9.17) is 15.2 Å². The van der Waals surface area contributed by atoms with Gasteiger partial charge in [-0.1, -0.05) is 11.3 Å². The monoisotopic (exact) mass is 314 g/mol. The van der Waals surface area contributed by atoms with Crippen LogP contribution in [0.1, 0.15) is 22.5 Å². The Hall–Kier alpha value is -1.38. The number of ether oxygens (including phenoxy) is 2. The molecule has 1 fully saturated rings. The number of carbonyl (C=O) groups is 1. The van der Waals surface area contributed by atoms with E-state index >= 15 is 0 Å². The summed E-state index contributed by atoms with van der Waals surface area (Å²) in [4.78, 5) is 19.0. The van der Waals surface area contributed by atoms with Crippen LogP contribution >= 0.6 is 11.3 Å². The van der Waals surface area contributed by atoms with Gasteiger partial charge >= 0.3 is 0 Å². The summed E-state index contributed by atoms with van der Waals surface area (Å²) in [5, 5.41) is 3.74. The van der Waals surface area contributed by atoms with Gasteiger partial charge in [0, 0.05) is 40.0 Å². The van der Waals surface area contributed by atoms with Crippen LogP contribution in [0.4, 0.5) is 10.9 Å². The van der Waals surface area contributed by atoms with Gasteiger partial charge in [-0.05, 0) is 12.8 Å². The number of nitrogens with zero attached hydrogens (tertiary/aromatic N) is 2. The van der Waals surface area contributed by atoms with Crippen molar-refractivity contribution < 1.29 is 14.3 Å². The van der Waals surface area contributed by atoms with Gasteiger partial charge < -0.3 is 25.4 Å². The summed E-state index contributed by atoms with van der Waals surface area (Å²) in [6.07, 6.45) is 1.72. The van der Waals surface area contributed by atoms with E-state index < -0.39 is 0 Å². The molecule has 1 aliphatic rings. The first kappa shape index (κ1) is 16.0. The van der Waals surface area contributed by atoms with Gasteiger partial charge in [-0.15, -0.1) is 0 Å². The zero-order valence-corrected chi connectivity index (χ0v) is 13.2. The van der Waals surface area contributed by atoms with Crippen molar-refractivity contribution in [3.63, 3.8) is 0 Å². The van der Waals surface area contributed by atoms with Crippen LogP contribution in [0.3, 0.4) is 0 Å². The largest absolute Gasteiger partial charge is 0.383 e. The molecular weight excluding hydrogens is 292 g/mol. The molecule has 0 atom stereocenters. The van der Waals surface area contributed by atoms with Crippen molar-refractivity contribution in [1.29, 1.82) is 0 Å². The van der Waals surface area contributed by atoms with Crippen molar-refractivity contribution in [1.82, 2.24) is 9.88 Å². The number of anilines is 2. The molecular formula is C13H22N4O3S. The number of thiazole rings is 1. The summed E-state index contributed by atoms with van der Waals surface area (Å²) in [6, 6.07) is 0.206. The third kappa shape index (κ3) is 4.05. The smallest absolute Gasteiger partial charge is 0.267 e. The predicted molar refractivity (Wildman–Crippen MR) is 82.8 cm³/mol. The molecule has 0 bridgehead atoms. The second kappa shape index (κ2) is 7.58. The zero-order valence-electron chi connectivity index (χ0n) is 12.4. The van der Waals surface area contributed by atoms with Gasteiger partial charge in [-0.2, -0.15) is 0 Å². The number of nitrogens with one attached hydrogen (secondary N) is 1. The number of hydrogen-bond donors (Lipinski definition) is 2. The van der Waals surface area contributed by atoms with E-state index in [0.29, 0.717) is 36.4 Å². The number of methoxy groups -OCH3 is 1. The van der Waals surface area contributed by atoms with E-state index in [9.17, 15) is 4.79 Å². The molecule has 0 spiro atoms. The second-order valence-corrected chi connectivity index (χ2v) is 5.91. The van der Waals surface area contributed by atoms with E-state index in [1.54, 1.807) is 12.0 Å². The van der Waals surface area contributed by atoms with Gasteiger partial charge in [0.05, 0.1) is 6.61 Å². The Balaban J connectivity index is 2.00. The lowest BCUT2D eigenvalue weighted by Gasteiger charge is -2.30. The lowest BCUT2D eigenvalue weighted by molar-refractivity contribution is 0.0365. The van der Waals surface area contributed by atoms with Crippen molar-refractivity contribution in [3.05, 3.63) is 4.88 Å². The minimum Gasteiger partial charge on any atom is -0.383 e. The minimum atomic E-state index is -0.0725. The molecule has 2 heterocycles. The highest BCUT2D eigenvalue weighted by Crippen LogP contribution is 2.27. The van der Waals surface area contributed by atoms with E-state index in [1.807, 2.05) is 7.05 Å². The van der Waals surface area contributed by atoms with Crippen LogP contribution in [-0.4, -0.2) is 62.4 Å². The summed E-state index contributed by atoms with van der Waals surface area (Å²) in [5.41, 5.74) is 5.87. The molecule has 1 aliphatic heterocycles. The summed E-state index contributed by atoms with van der Waals surface area (Å²) >= 11 is 1.29. The van der Waals surface area contributed by atoms with Gasteiger partial charge in [0.2, 0.25) is 0 Å². The topological polar surface area (TPSA) is 89.7 Å². The number of aromatic nitrogens is 1. The van der Waals surface area contributed by atoms with Crippen molar-refractivity contribution in [2.75, 3.05) is 51.6 Å². The number of rotatable bonds is 6. The Labute approximate surface area is 128 Å². The molecule has 7 nitrogen and oxygen atoms in total. The molecule has 0 unspecified atom stereocenters. The van der Waals surface area contributed by atoms with E-state index in [-0.39, 0.29) is 17.8 Å². The third-order valence-corrected chi connectivity index (χ3v) is 4.51. The van der Waals surface area contributed by atoms with Crippen LogP contribution in [0.15, 0.2) is 0 Å². The van der Waals surface area contributed by atoms with Crippen LogP contribution in [0.5, 0.6) is 0 Å². The van der Waals surface area contributed by atoms with Gasteiger partial charge in [0.1, 0.15) is 10.7 Å². The maximum absolute atomic E-state index is 12.5. The van der Waals surface area contributed by atoms with Crippen molar-refractivity contribution in [2.45, 2.75) is 18.9 Å². The lowest BCUT2D eigenvalue weighted by Crippen LogP contribution is -2.40. The normalized spacial score (nSPS) is 15.9. The molecule has 21 heavy (non-hydrogen) atoms. The molecule has 0 aromatic carbocycles. The molecule has 1 saturated heterocycles. The fourth-order valence-corrected chi connectivity index (χ4v) is 3.11. The summed E-state index contributed by atoms with van der Waals surface area (Å²) in [6.45, 7) is 2.60. The van der Waals surface area contributed by atoms with E-state index in [1.165, 1.54) is 11.3 Å². The Morgan fingerprint density at radius 2 is 2.29 bits per heavy atom. The highest BCUT2D eigenvalue weighted by Gasteiger charge is 2.26. The van der Waals surface area contributed by atoms with E-state index in [0.717, 1.165) is 12.8 Å². The highest BCUT2D eigenvalue weighted by atomic mass is 32.1. The third-order valence-electron chi connectivity index (χ3n) is 3.49. The number of amides is 1. The SMILES string of the molecule is COCCNc1nc(N)c(C(=O)N(C)C2CCOCC2)s1. The first-order chi connectivity index (χ1) is 10.1. The molecule has 0 radical (unpaired) electrons. The Kier molecular flexibility index (Phi) is 5.77. The first-order valence-corrected chi connectivity index (χ1v) is 7.79. The maximum atomic E-state index is 12.5. The van der Waals surface area contributed by atoms with E-state index in [2.05, 4.69) is 10.3 Å². The Morgan fingerprint density at radius 3 is 2.95 bits per heavy atom. The van der Waals surface area contributed by atoms with Crippen LogP contribution in [0.25, 0.3) is 0 Å². The van der Waals surface area contributed by atoms with Crippen LogP contribution in [0.2, 0.25) is 0 Å². The molecule has 1 aromatic heterocycles. The van der Waals surface area contributed by atoms with Crippen molar-refractivity contribution in [3.8, 4) is 0 Å². The zero-order chi connectivity index (χ0) is 15.2.